The Morgan fingerprint density at radius 1 is 1.39 bits per heavy atom. The number of nitrogens with zero attached hydrogens (tertiary/aromatic N) is 2. The van der Waals surface area contributed by atoms with Crippen LogP contribution in [-0.2, 0) is 10.3 Å². The van der Waals surface area contributed by atoms with Crippen molar-refractivity contribution in [2.45, 2.75) is 25.4 Å². The van der Waals surface area contributed by atoms with Crippen LogP contribution in [0.4, 0.5) is 0 Å². The van der Waals surface area contributed by atoms with E-state index in [1.54, 1.807) is 18.2 Å². The molecule has 18 heavy (non-hydrogen) atoms. The fraction of sp³-hybridized carbons (Fsp3) is 0.385. The van der Waals surface area contributed by atoms with Gasteiger partial charge in [-0.05, 0) is 31.9 Å². The molecule has 1 aromatic carbocycles. The van der Waals surface area contributed by atoms with Crippen molar-refractivity contribution in [1.82, 2.24) is 10.1 Å². The first kappa shape index (κ1) is 11.2. The lowest BCUT2D eigenvalue weighted by Gasteiger charge is -2.16. The van der Waals surface area contributed by atoms with Crippen molar-refractivity contribution in [3.8, 4) is 17.1 Å². The van der Waals surface area contributed by atoms with Crippen LogP contribution in [0, 0.1) is 0 Å². The molecule has 2 aromatic rings. The Kier molecular flexibility index (Phi) is 2.56. The standard InChI is InChI=1S/C13H14N2O3/c1-13(6-3-7-17-13)12-14-11(15-18-12)9-4-2-5-10(16)8-9/h2,4-5,8,16H,3,6-7H2,1H3. The maximum atomic E-state index is 9.43. The Morgan fingerprint density at radius 2 is 2.28 bits per heavy atom. The van der Waals surface area contributed by atoms with Crippen molar-refractivity contribution < 1.29 is 14.4 Å². The van der Waals surface area contributed by atoms with Crippen molar-refractivity contribution in [1.29, 1.82) is 0 Å². The Hall–Kier alpha value is -1.88. The third kappa shape index (κ3) is 1.86. The van der Waals surface area contributed by atoms with E-state index in [1.807, 2.05) is 13.0 Å². The summed E-state index contributed by atoms with van der Waals surface area (Å²) in [5.41, 5.74) is 0.258. The van der Waals surface area contributed by atoms with E-state index in [9.17, 15) is 5.11 Å². The zero-order chi connectivity index (χ0) is 12.6. The molecule has 1 unspecified atom stereocenters. The summed E-state index contributed by atoms with van der Waals surface area (Å²) in [5, 5.41) is 13.4. The molecule has 1 fully saturated rings. The third-order valence-corrected chi connectivity index (χ3v) is 3.20. The van der Waals surface area contributed by atoms with Crippen LogP contribution >= 0.6 is 0 Å². The molecular formula is C13H14N2O3. The van der Waals surface area contributed by atoms with Gasteiger partial charge in [-0.2, -0.15) is 4.98 Å². The molecule has 0 radical (unpaired) electrons. The fourth-order valence-electron chi connectivity index (χ4n) is 2.15. The molecule has 0 saturated carbocycles. The minimum atomic E-state index is -0.470. The second kappa shape index (κ2) is 4.10. The molecule has 0 aliphatic carbocycles. The number of hydrogen-bond acceptors (Lipinski definition) is 5. The van der Waals surface area contributed by atoms with Gasteiger partial charge < -0.3 is 14.4 Å². The lowest BCUT2D eigenvalue weighted by Crippen LogP contribution is -2.20. The fourth-order valence-corrected chi connectivity index (χ4v) is 2.15. The van der Waals surface area contributed by atoms with Gasteiger partial charge in [0.25, 0.3) is 5.89 Å². The Labute approximate surface area is 104 Å². The molecule has 1 saturated heterocycles. The van der Waals surface area contributed by atoms with Gasteiger partial charge in [0.15, 0.2) is 0 Å². The van der Waals surface area contributed by atoms with Gasteiger partial charge in [-0.3, -0.25) is 0 Å². The van der Waals surface area contributed by atoms with E-state index in [0.29, 0.717) is 11.7 Å². The zero-order valence-electron chi connectivity index (χ0n) is 10.1. The highest BCUT2D eigenvalue weighted by Crippen LogP contribution is 2.35. The first-order valence-electron chi connectivity index (χ1n) is 5.95. The molecule has 5 nitrogen and oxygen atoms in total. The predicted octanol–water partition coefficient (Wildman–Crippen LogP) is 2.47. The van der Waals surface area contributed by atoms with Crippen LogP contribution in [0.1, 0.15) is 25.7 Å². The van der Waals surface area contributed by atoms with E-state index in [1.165, 1.54) is 0 Å². The number of aromatic nitrogens is 2. The van der Waals surface area contributed by atoms with Gasteiger partial charge in [-0.15, -0.1) is 0 Å². The number of phenols is 1. The number of rotatable bonds is 2. The highest BCUT2D eigenvalue weighted by molar-refractivity contribution is 5.56. The van der Waals surface area contributed by atoms with Crippen molar-refractivity contribution in [2.24, 2.45) is 0 Å². The Balaban J connectivity index is 1.94. The van der Waals surface area contributed by atoms with E-state index in [0.717, 1.165) is 25.0 Å². The monoisotopic (exact) mass is 246 g/mol. The van der Waals surface area contributed by atoms with Gasteiger partial charge in [0.1, 0.15) is 11.4 Å². The van der Waals surface area contributed by atoms with Gasteiger partial charge in [-0.1, -0.05) is 17.3 Å². The number of hydrogen-bond donors (Lipinski definition) is 1. The lowest BCUT2D eigenvalue weighted by molar-refractivity contribution is -0.00937. The molecule has 3 rings (SSSR count). The summed E-state index contributed by atoms with van der Waals surface area (Å²) in [6.07, 6.45) is 1.88. The van der Waals surface area contributed by atoms with Crippen LogP contribution < -0.4 is 0 Å². The number of ether oxygens (including phenoxy) is 1. The number of aromatic hydroxyl groups is 1. The molecule has 1 aliphatic rings. The minimum absolute atomic E-state index is 0.183. The predicted molar refractivity (Wildman–Crippen MR) is 63.9 cm³/mol. The molecule has 2 heterocycles. The molecule has 0 amide bonds. The third-order valence-electron chi connectivity index (χ3n) is 3.20. The topological polar surface area (TPSA) is 68.4 Å². The summed E-state index contributed by atoms with van der Waals surface area (Å²) in [6, 6.07) is 6.78. The number of benzene rings is 1. The van der Waals surface area contributed by atoms with Gasteiger partial charge in [-0.25, -0.2) is 0 Å². The normalized spacial score (nSPS) is 23.4. The van der Waals surface area contributed by atoms with E-state index in [-0.39, 0.29) is 5.75 Å². The summed E-state index contributed by atoms with van der Waals surface area (Å²) in [6.45, 7) is 2.68. The maximum absolute atomic E-state index is 9.43. The van der Waals surface area contributed by atoms with Crippen LogP contribution in [0.2, 0.25) is 0 Å². The molecule has 5 heteroatoms. The van der Waals surface area contributed by atoms with Gasteiger partial charge in [0, 0.05) is 12.2 Å². The molecule has 1 aromatic heterocycles. The van der Waals surface area contributed by atoms with Crippen molar-refractivity contribution in [3.63, 3.8) is 0 Å². The molecule has 1 atom stereocenters. The lowest BCUT2D eigenvalue weighted by atomic mass is 10.0. The van der Waals surface area contributed by atoms with Crippen molar-refractivity contribution in [3.05, 3.63) is 30.2 Å². The average molecular weight is 246 g/mol. The van der Waals surface area contributed by atoms with Crippen LogP contribution in [0.15, 0.2) is 28.8 Å². The van der Waals surface area contributed by atoms with Crippen LogP contribution in [-0.4, -0.2) is 21.9 Å². The second-order valence-corrected chi connectivity index (χ2v) is 4.66. The summed E-state index contributed by atoms with van der Waals surface area (Å²) in [7, 11) is 0. The second-order valence-electron chi connectivity index (χ2n) is 4.66. The first-order chi connectivity index (χ1) is 8.67. The quantitative estimate of drug-likeness (QED) is 0.881. The van der Waals surface area contributed by atoms with E-state index in [4.69, 9.17) is 9.26 Å². The van der Waals surface area contributed by atoms with Crippen LogP contribution in [0.25, 0.3) is 11.4 Å². The largest absolute Gasteiger partial charge is 0.508 e. The molecule has 1 aliphatic heterocycles. The van der Waals surface area contributed by atoms with Crippen molar-refractivity contribution >= 4 is 0 Å². The van der Waals surface area contributed by atoms with Crippen LogP contribution in [0.5, 0.6) is 5.75 Å². The average Bonchev–Trinajstić information content (AvgIpc) is 2.98. The molecule has 0 spiro atoms. The Morgan fingerprint density at radius 3 is 3.00 bits per heavy atom. The van der Waals surface area contributed by atoms with E-state index in [2.05, 4.69) is 10.1 Å². The minimum Gasteiger partial charge on any atom is -0.508 e. The molecule has 94 valence electrons. The summed E-state index contributed by atoms with van der Waals surface area (Å²) < 4.78 is 10.9. The maximum Gasteiger partial charge on any atom is 0.258 e. The van der Waals surface area contributed by atoms with E-state index < -0.39 is 5.60 Å². The molecular weight excluding hydrogens is 232 g/mol. The summed E-state index contributed by atoms with van der Waals surface area (Å²) in [5.74, 6) is 1.15. The highest BCUT2D eigenvalue weighted by Gasteiger charge is 2.37. The highest BCUT2D eigenvalue weighted by atomic mass is 16.5. The van der Waals surface area contributed by atoms with Gasteiger partial charge in [0.05, 0.1) is 0 Å². The van der Waals surface area contributed by atoms with Crippen molar-refractivity contribution in [2.75, 3.05) is 6.61 Å². The number of phenolic OH excluding ortho intramolecular Hbond substituents is 1. The van der Waals surface area contributed by atoms with Crippen LogP contribution in [0.3, 0.4) is 0 Å². The smallest absolute Gasteiger partial charge is 0.258 e. The van der Waals surface area contributed by atoms with Gasteiger partial charge >= 0.3 is 0 Å². The zero-order valence-corrected chi connectivity index (χ0v) is 10.1. The SMILES string of the molecule is CC1(c2nc(-c3cccc(O)c3)no2)CCCO1. The Bertz CT molecular complexity index is 559. The molecule has 0 bridgehead atoms. The van der Waals surface area contributed by atoms with Gasteiger partial charge in [0.2, 0.25) is 5.82 Å². The van der Waals surface area contributed by atoms with E-state index >= 15 is 0 Å². The summed E-state index contributed by atoms with van der Waals surface area (Å²) >= 11 is 0. The first-order valence-corrected chi connectivity index (χ1v) is 5.95. The summed E-state index contributed by atoms with van der Waals surface area (Å²) in [4.78, 5) is 4.36. The molecule has 1 N–H and O–H groups in total.